The number of carboxylic acids is 1. The predicted octanol–water partition coefficient (Wildman–Crippen LogP) is 2.77. The second-order valence-corrected chi connectivity index (χ2v) is 5.95. The average Bonchev–Trinajstić information content (AvgIpc) is 2.70. The first kappa shape index (κ1) is 16.1. The highest BCUT2D eigenvalue weighted by Crippen LogP contribution is 2.47. The molecule has 0 spiro atoms. The van der Waals surface area contributed by atoms with Gasteiger partial charge in [0.15, 0.2) is 0 Å². The van der Waals surface area contributed by atoms with Gasteiger partial charge in [0.2, 0.25) is 0 Å². The molecule has 0 radical (unpaired) electrons. The van der Waals surface area contributed by atoms with E-state index in [1.807, 2.05) is 24.3 Å². The lowest BCUT2D eigenvalue weighted by Gasteiger charge is -2.41. The van der Waals surface area contributed by atoms with Gasteiger partial charge in [-0.3, -0.25) is 9.69 Å². The maximum Gasteiger partial charge on any atom is 0.307 e. The predicted molar refractivity (Wildman–Crippen MR) is 83.3 cm³/mol. The Kier molecular flexibility index (Phi) is 4.79. The van der Waals surface area contributed by atoms with Gasteiger partial charge in [0, 0.05) is 18.0 Å². The van der Waals surface area contributed by atoms with Gasteiger partial charge in [-0.2, -0.15) is 0 Å². The van der Waals surface area contributed by atoms with Gasteiger partial charge < -0.3 is 9.84 Å². The lowest BCUT2D eigenvalue weighted by molar-refractivity contribution is -0.145. The summed E-state index contributed by atoms with van der Waals surface area (Å²) < 4.78 is 5.29. The standard InChI is InChI=1S/C16H21NO3.ClH/c1-17-11-6-7-14(17)15(13(9-11)16(18)19)10-4-3-5-12(8-10)20-2;/h3-5,8,11,13-15H,6-7,9H2,1-2H3,(H,18,19);1H. The van der Waals surface area contributed by atoms with E-state index in [2.05, 4.69) is 11.9 Å². The van der Waals surface area contributed by atoms with E-state index in [-0.39, 0.29) is 24.2 Å². The molecule has 4 unspecified atom stereocenters. The van der Waals surface area contributed by atoms with Crippen LogP contribution in [0.4, 0.5) is 0 Å². The molecule has 1 aromatic carbocycles. The van der Waals surface area contributed by atoms with Gasteiger partial charge in [-0.15, -0.1) is 12.4 Å². The number of halogens is 1. The third-order valence-electron chi connectivity index (χ3n) is 5.06. The molecule has 0 amide bonds. The molecular formula is C16H22ClNO3. The normalized spacial score (nSPS) is 31.5. The Balaban J connectivity index is 0.00000161. The van der Waals surface area contributed by atoms with E-state index in [4.69, 9.17) is 4.74 Å². The number of nitrogens with zero attached hydrogens (tertiary/aromatic N) is 1. The first-order chi connectivity index (χ1) is 9.61. The van der Waals surface area contributed by atoms with Crippen molar-refractivity contribution >= 4 is 18.4 Å². The minimum absolute atomic E-state index is 0. The number of rotatable bonds is 3. The molecule has 5 heteroatoms. The summed E-state index contributed by atoms with van der Waals surface area (Å²) in [7, 11) is 3.78. The van der Waals surface area contributed by atoms with E-state index >= 15 is 0 Å². The van der Waals surface area contributed by atoms with Crippen LogP contribution in [0.15, 0.2) is 24.3 Å². The third kappa shape index (κ3) is 2.74. The van der Waals surface area contributed by atoms with Crippen molar-refractivity contribution in [2.45, 2.75) is 37.3 Å². The number of carboxylic acid groups (broad SMARTS) is 1. The number of hydrogen-bond donors (Lipinski definition) is 1. The highest BCUT2D eigenvalue weighted by atomic mass is 35.5. The number of ether oxygens (including phenoxy) is 1. The zero-order valence-electron chi connectivity index (χ0n) is 12.4. The molecule has 1 aromatic rings. The molecule has 116 valence electrons. The summed E-state index contributed by atoms with van der Waals surface area (Å²) in [6, 6.07) is 8.66. The zero-order chi connectivity index (χ0) is 14.3. The topological polar surface area (TPSA) is 49.8 Å². The quantitative estimate of drug-likeness (QED) is 0.932. The fourth-order valence-electron chi connectivity index (χ4n) is 4.02. The molecule has 4 nitrogen and oxygen atoms in total. The summed E-state index contributed by atoms with van der Waals surface area (Å²) in [5.74, 6) is -0.0839. The smallest absolute Gasteiger partial charge is 0.307 e. The number of aliphatic carboxylic acids is 1. The lowest BCUT2D eigenvalue weighted by Crippen LogP contribution is -2.47. The lowest BCUT2D eigenvalue weighted by atomic mass is 9.76. The van der Waals surface area contributed by atoms with Crippen LogP contribution < -0.4 is 4.74 Å². The Hall–Kier alpha value is -1.26. The number of likely N-dealkylation sites (N-methyl/N-ethyl adjacent to an activating group) is 1. The molecule has 1 N–H and O–H groups in total. The SMILES string of the molecule is COc1cccc(C2C(C(=O)O)CC3CCC2N3C)c1.Cl. The number of carbonyl (C=O) groups is 1. The van der Waals surface area contributed by atoms with Crippen LogP contribution in [0.2, 0.25) is 0 Å². The van der Waals surface area contributed by atoms with Gasteiger partial charge in [0.1, 0.15) is 5.75 Å². The summed E-state index contributed by atoms with van der Waals surface area (Å²) >= 11 is 0. The van der Waals surface area contributed by atoms with Crippen LogP contribution in [0, 0.1) is 5.92 Å². The Morgan fingerprint density at radius 3 is 2.81 bits per heavy atom. The van der Waals surface area contributed by atoms with E-state index < -0.39 is 5.97 Å². The molecule has 2 bridgehead atoms. The van der Waals surface area contributed by atoms with Crippen LogP contribution >= 0.6 is 12.4 Å². The van der Waals surface area contributed by atoms with Crippen molar-refractivity contribution in [1.82, 2.24) is 4.90 Å². The summed E-state index contributed by atoms with van der Waals surface area (Å²) in [5, 5.41) is 9.60. The van der Waals surface area contributed by atoms with Crippen molar-refractivity contribution in [1.29, 1.82) is 0 Å². The maximum absolute atomic E-state index is 11.7. The molecule has 21 heavy (non-hydrogen) atoms. The van der Waals surface area contributed by atoms with E-state index in [0.717, 1.165) is 30.6 Å². The van der Waals surface area contributed by atoms with E-state index in [1.165, 1.54) is 0 Å². The highest BCUT2D eigenvalue weighted by molar-refractivity contribution is 5.85. The molecular weight excluding hydrogens is 290 g/mol. The number of methoxy groups -OCH3 is 1. The van der Waals surface area contributed by atoms with Crippen LogP contribution in [0.5, 0.6) is 5.75 Å². The van der Waals surface area contributed by atoms with Crippen molar-refractivity contribution in [3.8, 4) is 5.75 Å². The van der Waals surface area contributed by atoms with Crippen LogP contribution in [0.25, 0.3) is 0 Å². The minimum Gasteiger partial charge on any atom is -0.497 e. The molecule has 4 atom stereocenters. The van der Waals surface area contributed by atoms with Crippen LogP contribution in [0.3, 0.4) is 0 Å². The first-order valence-corrected chi connectivity index (χ1v) is 7.20. The number of hydrogen-bond acceptors (Lipinski definition) is 3. The molecule has 2 aliphatic rings. The minimum atomic E-state index is -0.664. The van der Waals surface area contributed by atoms with E-state index in [1.54, 1.807) is 7.11 Å². The second-order valence-electron chi connectivity index (χ2n) is 5.95. The molecule has 2 fully saturated rings. The van der Waals surface area contributed by atoms with Gasteiger partial charge in [-0.25, -0.2) is 0 Å². The van der Waals surface area contributed by atoms with Gasteiger partial charge in [-0.1, -0.05) is 12.1 Å². The highest BCUT2D eigenvalue weighted by Gasteiger charge is 2.48. The number of fused-ring (bicyclic) bond motifs is 2. The molecule has 2 heterocycles. The Morgan fingerprint density at radius 1 is 1.38 bits per heavy atom. The van der Waals surface area contributed by atoms with Crippen molar-refractivity contribution in [2.24, 2.45) is 5.92 Å². The molecule has 0 aromatic heterocycles. The largest absolute Gasteiger partial charge is 0.497 e. The third-order valence-corrected chi connectivity index (χ3v) is 5.06. The van der Waals surface area contributed by atoms with Crippen molar-refractivity contribution in [2.75, 3.05) is 14.2 Å². The van der Waals surface area contributed by atoms with Gasteiger partial charge in [0.25, 0.3) is 0 Å². The fourth-order valence-corrected chi connectivity index (χ4v) is 4.02. The molecule has 0 aliphatic carbocycles. The molecule has 3 rings (SSSR count). The Morgan fingerprint density at radius 2 is 2.14 bits per heavy atom. The Bertz CT molecular complexity index is 522. The summed E-state index contributed by atoms with van der Waals surface area (Å²) in [6.45, 7) is 0. The summed E-state index contributed by atoms with van der Waals surface area (Å²) in [4.78, 5) is 14.0. The zero-order valence-corrected chi connectivity index (χ0v) is 13.2. The summed E-state index contributed by atoms with van der Waals surface area (Å²) in [6.07, 6.45) is 2.96. The van der Waals surface area contributed by atoms with Crippen LogP contribution in [0.1, 0.15) is 30.7 Å². The van der Waals surface area contributed by atoms with Gasteiger partial charge in [0.05, 0.1) is 13.0 Å². The maximum atomic E-state index is 11.7. The number of benzene rings is 1. The van der Waals surface area contributed by atoms with Crippen molar-refractivity contribution in [3.63, 3.8) is 0 Å². The monoisotopic (exact) mass is 311 g/mol. The first-order valence-electron chi connectivity index (χ1n) is 7.20. The molecule has 2 saturated heterocycles. The summed E-state index contributed by atoms with van der Waals surface area (Å²) in [5.41, 5.74) is 1.09. The van der Waals surface area contributed by atoms with Gasteiger partial charge >= 0.3 is 5.97 Å². The van der Waals surface area contributed by atoms with E-state index in [9.17, 15) is 9.90 Å². The van der Waals surface area contributed by atoms with Crippen LogP contribution in [-0.2, 0) is 4.79 Å². The second kappa shape index (κ2) is 6.24. The number of piperidine rings is 1. The van der Waals surface area contributed by atoms with Crippen molar-refractivity contribution < 1.29 is 14.6 Å². The molecule has 0 saturated carbocycles. The van der Waals surface area contributed by atoms with E-state index in [0.29, 0.717) is 12.1 Å². The Labute approximate surface area is 131 Å². The van der Waals surface area contributed by atoms with Crippen LogP contribution in [-0.4, -0.2) is 42.2 Å². The average molecular weight is 312 g/mol. The molecule has 2 aliphatic heterocycles. The van der Waals surface area contributed by atoms with Gasteiger partial charge in [-0.05, 0) is 44.0 Å². The van der Waals surface area contributed by atoms with Crippen molar-refractivity contribution in [3.05, 3.63) is 29.8 Å². The fraction of sp³-hybridized carbons (Fsp3) is 0.562.